The van der Waals surface area contributed by atoms with E-state index < -0.39 is 35.7 Å². The Bertz CT molecular complexity index is 612. The molecule has 1 rings (SSSR count). The van der Waals surface area contributed by atoms with Crippen molar-refractivity contribution in [1.29, 1.82) is 0 Å². The molecule has 0 aliphatic rings. The second-order valence-electron chi connectivity index (χ2n) is 6.74. The van der Waals surface area contributed by atoms with Gasteiger partial charge in [0.2, 0.25) is 5.91 Å². The van der Waals surface area contributed by atoms with Crippen LogP contribution < -0.4 is 10.6 Å². The molecule has 0 aliphatic heterocycles. The molecule has 2 amide bonds. The molecular formula is C18H26N2O6. The molecule has 0 spiro atoms. The van der Waals surface area contributed by atoms with Gasteiger partial charge >= 0.3 is 12.1 Å². The molecule has 0 aliphatic carbocycles. The Morgan fingerprint density at radius 3 is 2.19 bits per heavy atom. The third-order valence-corrected chi connectivity index (χ3v) is 3.24. The Morgan fingerprint density at radius 2 is 1.69 bits per heavy atom. The fourth-order valence-corrected chi connectivity index (χ4v) is 2.12. The summed E-state index contributed by atoms with van der Waals surface area (Å²) >= 11 is 0. The van der Waals surface area contributed by atoms with Crippen LogP contribution in [0.2, 0.25) is 0 Å². The number of alkyl carbamates (subject to hydrolysis) is 1. The second-order valence-corrected chi connectivity index (χ2v) is 6.74. The van der Waals surface area contributed by atoms with Crippen molar-refractivity contribution in [3.63, 3.8) is 0 Å². The summed E-state index contributed by atoms with van der Waals surface area (Å²) in [5.74, 6) is -1.84. The highest BCUT2D eigenvalue weighted by Crippen LogP contribution is 2.07. The van der Waals surface area contributed by atoms with Crippen LogP contribution >= 0.6 is 0 Å². The average Bonchev–Trinajstić information content (AvgIpc) is 2.52. The number of carbonyl (C=O) groups excluding carboxylic acids is 2. The van der Waals surface area contributed by atoms with Gasteiger partial charge in [-0.15, -0.1) is 0 Å². The molecule has 0 aromatic heterocycles. The summed E-state index contributed by atoms with van der Waals surface area (Å²) in [6.45, 7) is 4.96. The highest BCUT2D eigenvalue weighted by atomic mass is 16.6. The van der Waals surface area contributed by atoms with Crippen LogP contribution in [0.25, 0.3) is 0 Å². The van der Waals surface area contributed by atoms with E-state index in [9.17, 15) is 19.5 Å². The molecule has 1 aromatic rings. The third kappa shape index (κ3) is 7.98. The molecule has 3 N–H and O–H groups in total. The van der Waals surface area contributed by atoms with Crippen LogP contribution in [0.3, 0.4) is 0 Å². The van der Waals surface area contributed by atoms with E-state index in [2.05, 4.69) is 10.6 Å². The Labute approximate surface area is 152 Å². The van der Waals surface area contributed by atoms with Gasteiger partial charge in [0, 0.05) is 13.5 Å². The Balaban J connectivity index is 2.76. The van der Waals surface area contributed by atoms with E-state index >= 15 is 0 Å². The van der Waals surface area contributed by atoms with Crippen LogP contribution in [0.5, 0.6) is 0 Å². The first-order valence-electron chi connectivity index (χ1n) is 8.18. The summed E-state index contributed by atoms with van der Waals surface area (Å²) in [6.07, 6.45) is -0.668. The number of rotatable bonds is 8. The Hall–Kier alpha value is -2.61. The van der Waals surface area contributed by atoms with Crippen LogP contribution in [-0.2, 0) is 25.5 Å². The van der Waals surface area contributed by atoms with Gasteiger partial charge in [0.25, 0.3) is 0 Å². The summed E-state index contributed by atoms with van der Waals surface area (Å²) in [5, 5.41) is 14.2. The van der Waals surface area contributed by atoms with Crippen molar-refractivity contribution in [3.8, 4) is 0 Å². The predicted molar refractivity (Wildman–Crippen MR) is 94.7 cm³/mol. The van der Waals surface area contributed by atoms with Gasteiger partial charge in [-0.05, 0) is 26.3 Å². The van der Waals surface area contributed by atoms with Crippen molar-refractivity contribution >= 4 is 18.0 Å². The second kappa shape index (κ2) is 9.76. The molecule has 8 nitrogen and oxygen atoms in total. The lowest BCUT2D eigenvalue weighted by molar-refractivity contribution is -0.142. The van der Waals surface area contributed by atoms with Crippen LogP contribution in [0, 0.1) is 0 Å². The number of benzene rings is 1. The van der Waals surface area contributed by atoms with Gasteiger partial charge in [0.1, 0.15) is 17.7 Å². The number of carboxylic acids is 1. The summed E-state index contributed by atoms with van der Waals surface area (Å²) in [4.78, 5) is 35.8. The number of hydrogen-bond acceptors (Lipinski definition) is 5. The first-order chi connectivity index (χ1) is 12.1. The molecule has 0 fully saturated rings. The standard InChI is InChI=1S/C18H26N2O6/c1-18(2,3)26-17(24)20-14(11-25-4)15(21)19-13(16(22)23)10-12-8-6-5-7-9-12/h5-9,13-14H,10-11H2,1-4H3,(H,19,21)(H,20,24)(H,22,23)/t13-,14-/m0/s1. The largest absolute Gasteiger partial charge is 0.480 e. The smallest absolute Gasteiger partial charge is 0.408 e. The first kappa shape index (κ1) is 21.4. The Kier molecular flexibility index (Phi) is 8.05. The summed E-state index contributed by atoms with van der Waals surface area (Å²) < 4.78 is 10.0. The molecule has 0 radical (unpaired) electrons. The van der Waals surface area contributed by atoms with Crippen LogP contribution in [0.4, 0.5) is 4.79 Å². The molecule has 26 heavy (non-hydrogen) atoms. The lowest BCUT2D eigenvalue weighted by Crippen LogP contribution is -2.54. The van der Waals surface area contributed by atoms with Crippen molar-refractivity contribution in [2.45, 2.75) is 44.9 Å². The summed E-state index contributed by atoms with van der Waals surface area (Å²) in [6, 6.07) is 6.72. The predicted octanol–water partition coefficient (Wildman–Crippen LogP) is 1.34. The molecule has 0 heterocycles. The Morgan fingerprint density at radius 1 is 1.08 bits per heavy atom. The molecule has 0 bridgehead atoms. The number of carbonyl (C=O) groups is 3. The minimum absolute atomic E-state index is 0.119. The maximum Gasteiger partial charge on any atom is 0.408 e. The molecule has 144 valence electrons. The number of methoxy groups -OCH3 is 1. The van der Waals surface area contributed by atoms with Crippen LogP contribution in [-0.4, -0.2) is 54.5 Å². The maximum atomic E-state index is 12.4. The molecule has 2 atom stereocenters. The summed E-state index contributed by atoms with van der Waals surface area (Å²) in [5.41, 5.74) is 0.0401. The average molecular weight is 366 g/mol. The zero-order valence-electron chi connectivity index (χ0n) is 15.4. The van der Waals surface area contributed by atoms with Crippen molar-refractivity contribution < 1.29 is 29.0 Å². The maximum absolute atomic E-state index is 12.4. The molecular weight excluding hydrogens is 340 g/mol. The first-order valence-corrected chi connectivity index (χ1v) is 8.18. The van der Waals surface area contributed by atoms with E-state index in [1.165, 1.54) is 7.11 Å². The normalized spacial score (nSPS) is 13.4. The van der Waals surface area contributed by atoms with Crippen LogP contribution in [0.1, 0.15) is 26.3 Å². The van der Waals surface area contributed by atoms with E-state index in [4.69, 9.17) is 9.47 Å². The lowest BCUT2D eigenvalue weighted by atomic mass is 10.1. The van der Waals surface area contributed by atoms with Gasteiger partial charge in [0.15, 0.2) is 0 Å². The summed E-state index contributed by atoms with van der Waals surface area (Å²) in [7, 11) is 1.37. The number of nitrogens with one attached hydrogen (secondary N) is 2. The monoisotopic (exact) mass is 366 g/mol. The fourth-order valence-electron chi connectivity index (χ4n) is 2.12. The van der Waals surface area contributed by atoms with E-state index in [0.29, 0.717) is 0 Å². The highest BCUT2D eigenvalue weighted by Gasteiger charge is 2.28. The third-order valence-electron chi connectivity index (χ3n) is 3.24. The van der Waals surface area contributed by atoms with Crippen molar-refractivity contribution in [1.82, 2.24) is 10.6 Å². The molecule has 0 saturated heterocycles. The van der Waals surface area contributed by atoms with E-state index in [0.717, 1.165) is 5.56 Å². The number of hydrogen-bond donors (Lipinski definition) is 3. The molecule has 8 heteroatoms. The fraction of sp³-hybridized carbons (Fsp3) is 0.500. The van der Waals surface area contributed by atoms with E-state index in [-0.39, 0.29) is 13.0 Å². The highest BCUT2D eigenvalue weighted by molar-refractivity contribution is 5.89. The lowest BCUT2D eigenvalue weighted by Gasteiger charge is -2.24. The van der Waals surface area contributed by atoms with Gasteiger partial charge < -0.3 is 25.2 Å². The number of amides is 2. The van der Waals surface area contributed by atoms with E-state index in [1.807, 2.05) is 6.07 Å². The van der Waals surface area contributed by atoms with Crippen molar-refractivity contribution in [2.75, 3.05) is 13.7 Å². The molecule has 1 aromatic carbocycles. The topological polar surface area (TPSA) is 114 Å². The molecule has 0 saturated carbocycles. The zero-order chi connectivity index (χ0) is 19.7. The quantitative estimate of drug-likeness (QED) is 0.640. The molecule has 0 unspecified atom stereocenters. The number of ether oxygens (including phenoxy) is 2. The van der Waals surface area contributed by atoms with Gasteiger partial charge in [-0.3, -0.25) is 4.79 Å². The van der Waals surface area contributed by atoms with Crippen molar-refractivity contribution in [2.24, 2.45) is 0 Å². The SMILES string of the molecule is COC[C@H](NC(=O)OC(C)(C)C)C(=O)N[C@@H](Cc1ccccc1)C(=O)O. The number of carboxylic acid groups (broad SMARTS) is 1. The minimum atomic E-state index is -1.17. The van der Waals surface area contributed by atoms with Gasteiger partial charge in [-0.2, -0.15) is 0 Å². The van der Waals surface area contributed by atoms with Gasteiger partial charge in [0.05, 0.1) is 6.61 Å². The number of aliphatic carboxylic acids is 1. The van der Waals surface area contributed by atoms with Crippen LogP contribution in [0.15, 0.2) is 30.3 Å². The van der Waals surface area contributed by atoms with Crippen molar-refractivity contribution in [3.05, 3.63) is 35.9 Å². The minimum Gasteiger partial charge on any atom is -0.480 e. The van der Waals surface area contributed by atoms with Gasteiger partial charge in [-0.1, -0.05) is 30.3 Å². The van der Waals surface area contributed by atoms with Gasteiger partial charge in [-0.25, -0.2) is 9.59 Å². The zero-order valence-corrected chi connectivity index (χ0v) is 15.4. The van der Waals surface area contributed by atoms with E-state index in [1.54, 1.807) is 45.0 Å².